The molecular formula is C13H19N5. The fraction of sp³-hybridized carbons (Fsp3) is 0.615. The Morgan fingerprint density at radius 2 is 2.28 bits per heavy atom. The van der Waals surface area contributed by atoms with E-state index in [1.165, 1.54) is 12.8 Å². The number of hydrogen-bond acceptors (Lipinski definition) is 5. The molecule has 2 N–H and O–H groups in total. The number of anilines is 1. The molecule has 1 aliphatic carbocycles. The second-order valence-corrected chi connectivity index (χ2v) is 4.84. The molecule has 0 aromatic carbocycles. The van der Waals surface area contributed by atoms with Crippen molar-refractivity contribution in [2.75, 3.05) is 18.5 Å². The lowest BCUT2D eigenvalue weighted by atomic mass is 9.83. The van der Waals surface area contributed by atoms with Gasteiger partial charge in [-0.1, -0.05) is 12.8 Å². The van der Waals surface area contributed by atoms with Crippen LogP contribution in [-0.2, 0) is 0 Å². The Morgan fingerprint density at radius 1 is 1.50 bits per heavy atom. The highest BCUT2D eigenvalue weighted by Gasteiger charge is 2.29. The van der Waals surface area contributed by atoms with E-state index in [4.69, 9.17) is 11.0 Å². The molecule has 2 atom stereocenters. The predicted molar refractivity (Wildman–Crippen MR) is 70.0 cm³/mol. The van der Waals surface area contributed by atoms with Crippen LogP contribution in [0.25, 0.3) is 0 Å². The highest BCUT2D eigenvalue weighted by molar-refractivity contribution is 5.52. The van der Waals surface area contributed by atoms with E-state index in [-0.39, 0.29) is 0 Å². The van der Waals surface area contributed by atoms with Gasteiger partial charge in [0.15, 0.2) is 5.82 Å². The standard InChI is InChI=1S/C13H19N5/c1-18(12-5-3-2-4-10(12)8-14)13-11(9-15)6-7-16-17-13/h6-7,10,12H,2-5,8,14H2,1H3. The fourth-order valence-corrected chi connectivity index (χ4v) is 2.80. The zero-order valence-electron chi connectivity index (χ0n) is 10.7. The van der Waals surface area contributed by atoms with Crippen molar-refractivity contribution in [2.45, 2.75) is 31.7 Å². The molecular weight excluding hydrogens is 226 g/mol. The molecule has 0 spiro atoms. The van der Waals surface area contributed by atoms with Gasteiger partial charge in [-0.15, -0.1) is 5.10 Å². The van der Waals surface area contributed by atoms with Crippen molar-refractivity contribution < 1.29 is 0 Å². The monoisotopic (exact) mass is 245 g/mol. The van der Waals surface area contributed by atoms with E-state index in [9.17, 15) is 0 Å². The van der Waals surface area contributed by atoms with Gasteiger partial charge in [0, 0.05) is 13.1 Å². The predicted octanol–water partition coefficient (Wildman–Crippen LogP) is 1.30. The highest BCUT2D eigenvalue weighted by atomic mass is 15.3. The molecule has 0 saturated heterocycles. The molecule has 18 heavy (non-hydrogen) atoms. The summed E-state index contributed by atoms with van der Waals surface area (Å²) in [5.74, 6) is 1.16. The van der Waals surface area contributed by atoms with E-state index in [1.54, 1.807) is 12.3 Å². The molecule has 5 heteroatoms. The van der Waals surface area contributed by atoms with E-state index in [0.717, 1.165) is 12.8 Å². The van der Waals surface area contributed by atoms with Crippen molar-refractivity contribution in [2.24, 2.45) is 11.7 Å². The zero-order chi connectivity index (χ0) is 13.0. The Bertz CT molecular complexity index is 439. The van der Waals surface area contributed by atoms with Crippen LogP contribution in [0.2, 0.25) is 0 Å². The summed E-state index contributed by atoms with van der Waals surface area (Å²) in [6.07, 6.45) is 6.29. The van der Waals surface area contributed by atoms with Crippen LogP contribution >= 0.6 is 0 Å². The molecule has 1 aromatic heterocycles. The van der Waals surface area contributed by atoms with E-state index >= 15 is 0 Å². The van der Waals surface area contributed by atoms with Crippen molar-refractivity contribution >= 4 is 5.82 Å². The summed E-state index contributed by atoms with van der Waals surface area (Å²) >= 11 is 0. The first-order valence-corrected chi connectivity index (χ1v) is 6.42. The van der Waals surface area contributed by atoms with Gasteiger partial charge in [0.05, 0.1) is 11.8 Å². The lowest BCUT2D eigenvalue weighted by Gasteiger charge is -2.38. The maximum absolute atomic E-state index is 9.12. The zero-order valence-corrected chi connectivity index (χ0v) is 10.7. The van der Waals surface area contributed by atoms with Gasteiger partial charge in [0.2, 0.25) is 0 Å². The van der Waals surface area contributed by atoms with Crippen molar-refractivity contribution in [1.29, 1.82) is 5.26 Å². The smallest absolute Gasteiger partial charge is 0.169 e. The van der Waals surface area contributed by atoms with E-state index in [0.29, 0.717) is 29.9 Å². The summed E-state index contributed by atoms with van der Waals surface area (Å²) in [7, 11) is 1.99. The Labute approximate surface area is 108 Å². The summed E-state index contributed by atoms with van der Waals surface area (Å²) in [6.45, 7) is 0.692. The van der Waals surface area contributed by atoms with Crippen LogP contribution in [0.1, 0.15) is 31.2 Å². The average molecular weight is 245 g/mol. The van der Waals surface area contributed by atoms with Crippen LogP contribution in [0, 0.1) is 17.2 Å². The number of nitrogens with two attached hydrogens (primary N) is 1. The minimum absolute atomic E-state index is 0.368. The number of nitriles is 1. The second kappa shape index (κ2) is 5.78. The van der Waals surface area contributed by atoms with Crippen LogP contribution in [-0.4, -0.2) is 29.8 Å². The fourth-order valence-electron chi connectivity index (χ4n) is 2.80. The van der Waals surface area contributed by atoms with Crippen LogP contribution in [0.5, 0.6) is 0 Å². The summed E-state index contributed by atoms with van der Waals surface area (Å²) in [4.78, 5) is 2.09. The third kappa shape index (κ3) is 2.44. The number of rotatable bonds is 3. The van der Waals surface area contributed by atoms with Gasteiger partial charge >= 0.3 is 0 Å². The molecule has 5 nitrogen and oxygen atoms in total. The quantitative estimate of drug-likeness (QED) is 0.868. The second-order valence-electron chi connectivity index (χ2n) is 4.84. The molecule has 1 aromatic rings. The molecule has 0 radical (unpaired) electrons. The molecule has 0 aliphatic heterocycles. The molecule has 1 aliphatic rings. The van der Waals surface area contributed by atoms with E-state index < -0.39 is 0 Å². The van der Waals surface area contributed by atoms with Crippen LogP contribution in [0.4, 0.5) is 5.82 Å². The Balaban J connectivity index is 2.24. The summed E-state index contributed by atoms with van der Waals surface area (Å²) in [5.41, 5.74) is 6.43. The lowest BCUT2D eigenvalue weighted by molar-refractivity contribution is 0.305. The van der Waals surface area contributed by atoms with Gasteiger partial charge < -0.3 is 10.6 Å². The molecule has 0 bridgehead atoms. The van der Waals surface area contributed by atoms with Crippen LogP contribution < -0.4 is 10.6 Å². The first-order valence-electron chi connectivity index (χ1n) is 6.42. The molecule has 1 fully saturated rings. The van der Waals surface area contributed by atoms with Crippen molar-refractivity contribution in [3.63, 3.8) is 0 Å². The largest absolute Gasteiger partial charge is 0.354 e. The highest BCUT2D eigenvalue weighted by Crippen LogP contribution is 2.30. The maximum Gasteiger partial charge on any atom is 0.169 e. The number of nitrogens with zero attached hydrogens (tertiary/aromatic N) is 4. The van der Waals surface area contributed by atoms with Gasteiger partial charge in [-0.25, -0.2) is 0 Å². The molecule has 1 heterocycles. The summed E-state index contributed by atoms with van der Waals surface area (Å²) in [6, 6.07) is 4.25. The van der Waals surface area contributed by atoms with E-state index in [1.807, 2.05) is 7.05 Å². The van der Waals surface area contributed by atoms with Crippen molar-refractivity contribution in [3.05, 3.63) is 17.8 Å². The molecule has 96 valence electrons. The SMILES string of the molecule is CN(c1nnccc1C#N)C1CCCCC1CN. The molecule has 0 amide bonds. The van der Waals surface area contributed by atoms with Gasteiger partial charge in [-0.2, -0.15) is 10.4 Å². The average Bonchev–Trinajstić information content (AvgIpc) is 2.46. The van der Waals surface area contributed by atoms with Gasteiger partial charge in [0.1, 0.15) is 6.07 Å². The van der Waals surface area contributed by atoms with E-state index in [2.05, 4.69) is 21.2 Å². The van der Waals surface area contributed by atoms with Crippen molar-refractivity contribution in [1.82, 2.24) is 10.2 Å². The van der Waals surface area contributed by atoms with Crippen LogP contribution in [0.3, 0.4) is 0 Å². The van der Waals surface area contributed by atoms with Crippen molar-refractivity contribution in [3.8, 4) is 6.07 Å². The Kier molecular flexibility index (Phi) is 4.11. The van der Waals surface area contributed by atoms with Gasteiger partial charge in [-0.05, 0) is 31.4 Å². The van der Waals surface area contributed by atoms with Gasteiger partial charge in [-0.3, -0.25) is 0 Å². The third-order valence-electron chi connectivity index (χ3n) is 3.82. The summed E-state index contributed by atoms with van der Waals surface area (Å²) < 4.78 is 0. The number of hydrogen-bond donors (Lipinski definition) is 1. The minimum atomic E-state index is 0.368. The Morgan fingerprint density at radius 3 is 3.00 bits per heavy atom. The molecule has 1 saturated carbocycles. The molecule has 2 rings (SSSR count). The van der Waals surface area contributed by atoms with Gasteiger partial charge in [0.25, 0.3) is 0 Å². The Hall–Kier alpha value is -1.67. The van der Waals surface area contributed by atoms with Crippen LogP contribution in [0.15, 0.2) is 12.3 Å². The maximum atomic E-state index is 9.12. The lowest BCUT2D eigenvalue weighted by Crippen LogP contribution is -2.43. The first-order chi connectivity index (χ1) is 8.77. The first kappa shape index (κ1) is 12.8. The normalized spacial score (nSPS) is 23.4. The number of aromatic nitrogens is 2. The minimum Gasteiger partial charge on any atom is -0.354 e. The summed E-state index contributed by atoms with van der Waals surface area (Å²) in [5, 5.41) is 17.1. The topological polar surface area (TPSA) is 78.8 Å². The third-order valence-corrected chi connectivity index (χ3v) is 3.82. The molecule has 2 unspecified atom stereocenters.